The molecule has 0 unspecified atom stereocenters. The summed E-state index contributed by atoms with van der Waals surface area (Å²) in [5, 5.41) is 4.94. The van der Waals surface area contributed by atoms with Crippen LogP contribution >= 0.6 is 0 Å². The normalized spacial score (nSPS) is 12.0. The molecule has 0 aliphatic heterocycles. The summed E-state index contributed by atoms with van der Waals surface area (Å²) in [5.74, 6) is 0. The molecule has 0 aliphatic carbocycles. The molecule has 0 saturated carbocycles. The Morgan fingerprint density at radius 3 is 1.97 bits per heavy atom. The fourth-order valence-electron chi connectivity index (χ4n) is 3.88. The molecule has 4 rings (SSSR count). The molecule has 4 aromatic rings. The third-order valence-electron chi connectivity index (χ3n) is 5.38. The van der Waals surface area contributed by atoms with Gasteiger partial charge in [-0.1, -0.05) is 91.9 Å². The number of allylic oxidation sites excluding steroid dienone is 4. The first kappa shape index (κ1) is 19.7. The second kappa shape index (κ2) is 8.84. The Balaban J connectivity index is 2.13. The fourth-order valence-corrected chi connectivity index (χ4v) is 3.88. The lowest BCUT2D eigenvalue weighted by molar-refractivity contribution is 1.13. The summed E-state index contributed by atoms with van der Waals surface area (Å²) in [6.45, 7) is 8.46. The minimum atomic E-state index is 0.917. The highest BCUT2D eigenvalue weighted by molar-refractivity contribution is 6.13. The highest BCUT2D eigenvalue weighted by Crippen LogP contribution is 2.41. The summed E-state index contributed by atoms with van der Waals surface area (Å²) in [6.07, 6.45) is 7.38. The monoisotopic (exact) mass is 389 g/mol. The highest BCUT2D eigenvalue weighted by atomic mass is 15.1. The maximum absolute atomic E-state index is 4.25. The Hall–Kier alpha value is -3.58. The van der Waals surface area contributed by atoms with Gasteiger partial charge in [0.25, 0.3) is 0 Å². The Morgan fingerprint density at radius 2 is 1.40 bits per heavy atom. The van der Waals surface area contributed by atoms with E-state index in [2.05, 4.69) is 128 Å². The molecule has 30 heavy (non-hydrogen) atoms. The Labute approximate surface area is 179 Å². The number of rotatable bonds is 6. The van der Waals surface area contributed by atoms with E-state index in [0.29, 0.717) is 0 Å². The standard InChI is InChI=1S/C29H27N/c1-4-13-26(20-22(3)5-2)30(25-16-7-6-8-17-25)29-27-18-11-9-14-23(27)21-24-15-10-12-19-28(24)29/h4,6-21H,3,5H2,1-2H3. The van der Waals surface area contributed by atoms with E-state index in [4.69, 9.17) is 0 Å². The minimum Gasteiger partial charge on any atom is -0.309 e. The van der Waals surface area contributed by atoms with Gasteiger partial charge in [-0.2, -0.15) is 0 Å². The first-order valence-electron chi connectivity index (χ1n) is 10.5. The van der Waals surface area contributed by atoms with Crippen LogP contribution in [0.2, 0.25) is 0 Å². The lowest BCUT2D eigenvalue weighted by Crippen LogP contribution is -2.16. The minimum absolute atomic E-state index is 0.917. The molecule has 1 heteroatoms. The first-order valence-corrected chi connectivity index (χ1v) is 10.5. The summed E-state index contributed by atoms with van der Waals surface area (Å²) < 4.78 is 0. The van der Waals surface area contributed by atoms with E-state index >= 15 is 0 Å². The Morgan fingerprint density at radius 1 is 0.833 bits per heavy atom. The van der Waals surface area contributed by atoms with Gasteiger partial charge in [-0.3, -0.25) is 0 Å². The number of para-hydroxylation sites is 1. The van der Waals surface area contributed by atoms with Gasteiger partial charge in [0, 0.05) is 22.2 Å². The van der Waals surface area contributed by atoms with Crippen molar-refractivity contribution >= 4 is 32.9 Å². The highest BCUT2D eigenvalue weighted by Gasteiger charge is 2.19. The lowest BCUT2D eigenvalue weighted by Gasteiger charge is -2.29. The molecule has 0 bridgehead atoms. The van der Waals surface area contributed by atoms with Gasteiger partial charge in [-0.15, -0.1) is 0 Å². The van der Waals surface area contributed by atoms with Crippen LogP contribution in [0.15, 0.2) is 121 Å². The van der Waals surface area contributed by atoms with Gasteiger partial charge >= 0.3 is 0 Å². The van der Waals surface area contributed by atoms with Gasteiger partial charge in [0.1, 0.15) is 0 Å². The topological polar surface area (TPSA) is 3.24 Å². The molecule has 0 heterocycles. The molecule has 0 N–H and O–H groups in total. The second-order valence-corrected chi connectivity index (χ2v) is 7.42. The molecule has 0 spiro atoms. The number of anilines is 2. The van der Waals surface area contributed by atoms with Gasteiger partial charge in [0.2, 0.25) is 0 Å². The van der Waals surface area contributed by atoms with Crippen LogP contribution in [0.3, 0.4) is 0 Å². The summed E-state index contributed by atoms with van der Waals surface area (Å²) >= 11 is 0. The average molecular weight is 390 g/mol. The van der Waals surface area contributed by atoms with Crippen LogP contribution < -0.4 is 4.90 Å². The zero-order valence-electron chi connectivity index (χ0n) is 17.7. The van der Waals surface area contributed by atoms with Gasteiger partial charge in [0.15, 0.2) is 0 Å². The summed E-state index contributed by atoms with van der Waals surface area (Å²) in [5.41, 5.74) is 4.54. The molecule has 0 amide bonds. The van der Waals surface area contributed by atoms with Crippen molar-refractivity contribution in [3.63, 3.8) is 0 Å². The molecule has 0 fully saturated rings. The van der Waals surface area contributed by atoms with E-state index < -0.39 is 0 Å². The van der Waals surface area contributed by atoms with Crippen molar-refractivity contribution in [3.8, 4) is 0 Å². The van der Waals surface area contributed by atoms with Crippen molar-refractivity contribution in [1.29, 1.82) is 0 Å². The van der Waals surface area contributed by atoms with Crippen molar-refractivity contribution in [2.45, 2.75) is 20.3 Å². The molecule has 0 radical (unpaired) electrons. The van der Waals surface area contributed by atoms with E-state index in [1.165, 1.54) is 27.2 Å². The van der Waals surface area contributed by atoms with Gasteiger partial charge in [-0.25, -0.2) is 0 Å². The average Bonchev–Trinajstić information content (AvgIpc) is 2.79. The number of benzene rings is 4. The van der Waals surface area contributed by atoms with E-state index in [-0.39, 0.29) is 0 Å². The molecule has 0 aliphatic rings. The summed E-state index contributed by atoms with van der Waals surface area (Å²) in [4.78, 5) is 2.37. The third kappa shape index (κ3) is 3.79. The summed E-state index contributed by atoms with van der Waals surface area (Å²) in [7, 11) is 0. The van der Waals surface area contributed by atoms with Crippen LogP contribution in [0, 0.1) is 0 Å². The van der Waals surface area contributed by atoms with Crippen LogP contribution in [0.1, 0.15) is 20.3 Å². The molecular formula is C29H27N. The van der Waals surface area contributed by atoms with Gasteiger partial charge < -0.3 is 4.90 Å². The zero-order valence-corrected chi connectivity index (χ0v) is 17.7. The molecule has 148 valence electrons. The maximum atomic E-state index is 4.25. The fraction of sp³-hybridized carbons (Fsp3) is 0.103. The van der Waals surface area contributed by atoms with Crippen molar-refractivity contribution in [2.75, 3.05) is 4.90 Å². The number of hydrogen-bond acceptors (Lipinski definition) is 1. The van der Waals surface area contributed by atoms with Gasteiger partial charge in [-0.05, 0) is 54.5 Å². The molecule has 0 atom stereocenters. The zero-order chi connectivity index (χ0) is 20.9. The quantitative estimate of drug-likeness (QED) is 0.236. The molecule has 1 nitrogen and oxygen atoms in total. The van der Waals surface area contributed by atoms with Crippen molar-refractivity contribution in [3.05, 3.63) is 121 Å². The summed E-state index contributed by atoms with van der Waals surface area (Å²) in [6, 6.07) is 30.1. The van der Waals surface area contributed by atoms with E-state index in [1.54, 1.807) is 0 Å². The largest absolute Gasteiger partial charge is 0.309 e. The van der Waals surface area contributed by atoms with E-state index in [1.807, 2.05) is 0 Å². The van der Waals surface area contributed by atoms with E-state index in [0.717, 1.165) is 23.4 Å². The molecule has 0 aromatic heterocycles. The lowest BCUT2D eigenvalue weighted by atomic mass is 9.98. The molecular weight excluding hydrogens is 362 g/mol. The third-order valence-corrected chi connectivity index (χ3v) is 5.38. The SMILES string of the molecule is C=C(C=C(C=CC)N(c1ccccc1)c1c2ccccc2cc2ccccc12)CC. The van der Waals surface area contributed by atoms with Crippen molar-refractivity contribution in [1.82, 2.24) is 0 Å². The smallest absolute Gasteiger partial charge is 0.0618 e. The van der Waals surface area contributed by atoms with Crippen LogP contribution in [0.5, 0.6) is 0 Å². The Bertz CT molecular complexity index is 1190. The predicted octanol–water partition coefficient (Wildman–Crippen LogP) is 8.56. The van der Waals surface area contributed by atoms with Crippen LogP contribution in [0.25, 0.3) is 21.5 Å². The van der Waals surface area contributed by atoms with Crippen LogP contribution in [-0.4, -0.2) is 0 Å². The van der Waals surface area contributed by atoms with Crippen molar-refractivity contribution in [2.24, 2.45) is 0 Å². The van der Waals surface area contributed by atoms with Gasteiger partial charge in [0.05, 0.1) is 5.69 Å². The maximum Gasteiger partial charge on any atom is 0.0618 e. The van der Waals surface area contributed by atoms with Crippen molar-refractivity contribution < 1.29 is 0 Å². The number of nitrogens with zero attached hydrogens (tertiary/aromatic N) is 1. The van der Waals surface area contributed by atoms with Crippen LogP contribution in [-0.2, 0) is 0 Å². The van der Waals surface area contributed by atoms with Crippen LogP contribution in [0.4, 0.5) is 11.4 Å². The molecule has 4 aromatic carbocycles. The second-order valence-electron chi connectivity index (χ2n) is 7.42. The number of hydrogen-bond donors (Lipinski definition) is 0. The number of fused-ring (bicyclic) bond motifs is 2. The first-order chi connectivity index (χ1) is 14.7. The molecule has 0 saturated heterocycles. The predicted molar refractivity (Wildman–Crippen MR) is 132 cm³/mol. The Kier molecular flexibility index (Phi) is 5.81. The van der Waals surface area contributed by atoms with E-state index in [9.17, 15) is 0 Å².